The predicted octanol–water partition coefficient (Wildman–Crippen LogP) is 1.49. The highest BCUT2D eigenvalue weighted by Gasteiger charge is 2.55. The van der Waals surface area contributed by atoms with Crippen LogP contribution in [-0.2, 0) is 16.1 Å². The van der Waals surface area contributed by atoms with Crippen molar-refractivity contribution in [2.45, 2.75) is 13.0 Å². The Labute approximate surface area is 151 Å². The Balaban J connectivity index is 1.49. The zero-order chi connectivity index (χ0) is 18.1. The van der Waals surface area contributed by atoms with Gasteiger partial charge in [0.15, 0.2) is 0 Å². The summed E-state index contributed by atoms with van der Waals surface area (Å²) in [6.07, 6.45) is 3.72. The molecule has 2 atom stereocenters. The van der Waals surface area contributed by atoms with Crippen molar-refractivity contribution in [3.8, 4) is 0 Å². The minimum Gasteiger partial charge on any atom is -0.481 e. The van der Waals surface area contributed by atoms with Crippen LogP contribution in [0, 0.1) is 11.3 Å². The molecule has 1 amide bonds. The van der Waals surface area contributed by atoms with E-state index >= 15 is 0 Å². The molecule has 2 fully saturated rings. The number of aliphatic carboxylic acids is 1. The van der Waals surface area contributed by atoms with E-state index in [4.69, 9.17) is 4.74 Å². The first-order valence-electron chi connectivity index (χ1n) is 8.75. The van der Waals surface area contributed by atoms with Crippen molar-refractivity contribution in [1.82, 2.24) is 14.7 Å². The third kappa shape index (κ3) is 2.88. The van der Waals surface area contributed by atoms with Crippen molar-refractivity contribution in [3.05, 3.63) is 53.9 Å². The monoisotopic (exact) mass is 355 g/mol. The number of nitrogens with zero attached hydrogens (tertiary/aromatic N) is 3. The summed E-state index contributed by atoms with van der Waals surface area (Å²) < 4.78 is 7.17. The summed E-state index contributed by atoms with van der Waals surface area (Å²) >= 11 is 0. The van der Waals surface area contributed by atoms with Crippen LogP contribution in [-0.4, -0.2) is 58.0 Å². The maximum Gasteiger partial charge on any atom is 0.311 e. The standard InChI is InChI=1S/C19H21N3O4/c23-17(15-8-20-22(10-15)9-14-4-2-1-3-5-14)21-11-16-12-26-7-6-19(16,13-21)18(24)25/h1-5,8,10,16H,6-7,9,11-13H2,(H,24,25)/t16-,19+/m0/s1. The van der Waals surface area contributed by atoms with Crippen LogP contribution in [0.15, 0.2) is 42.7 Å². The van der Waals surface area contributed by atoms with Crippen LogP contribution in [0.1, 0.15) is 22.3 Å². The molecule has 0 radical (unpaired) electrons. The number of hydrogen-bond acceptors (Lipinski definition) is 4. The van der Waals surface area contributed by atoms with Gasteiger partial charge in [0, 0.05) is 31.8 Å². The maximum atomic E-state index is 12.9. The Morgan fingerprint density at radius 2 is 2.12 bits per heavy atom. The Bertz CT molecular complexity index is 819. The largest absolute Gasteiger partial charge is 0.481 e. The molecular weight excluding hydrogens is 334 g/mol. The van der Waals surface area contributed by atoms with Crippen LogP contribution in [0.2, 0.25) is 0 Å². The number of likely N-dealkylation sites (tertiary alicyclic amines) is 1. The number of hydrogen-bond donors (Lipinski definition) is 1. The third-order valence-electron chi connectivity index (χ3n) is 5.49. The Morgan fingerprint density at radius 3 is 2.85 bits per heavy atom. The van der Waals surface area contributed by atoms with E-state index in [0.717, 1.165) is 5.56 Å². The summed E-state index contributed by atoms with van der Waals surface area (Å²) in [7, 11) is 0. The van der Waals surface area contributed by atoms with Crippen molar-refractivity contribution >= 4 is 11.9 Å². The maximum absolute atomic E-state index is 12.9. The molecular formula is C19H21N3O4. The summed E-state index contributed by atoms with van der Waals surface area (Å²) in [5.74, 6) is -1.16. The molecule has 0 unspecified atom stereocenters. The molecule has 1 aromatic carbocycles. The minimum absolute atomic E-state index is 0.155. The molecule has 0 aliphatic carbocycles. The lowest BCUT2D eigenvalue weighted by atomic mass is 9.74. The lowest BCUT2D eigenvalue weighted by Gasteiger charge is -2.33. The fourth-order valence-electron chi connectivity index (χ4n) is 3.97. The van der Waals surface area contributed by atoms with Gasteiger partial charge in [-0.15, -0.1) is 0 Å². The third-order valence-corrected chi connectivity index (χ3v) is 5.49. The zero-order valence-electron chi connectivity index (χ0n) is 14.4. The quantitative estimate of drug-likeness (QED) is 0.898. The number of fused-ring (bicyclic) bond motifs is 1. The van der Waals surface area contributed by atoms with Gasteiger partial charge in [0.25, 0.3) is 5.91 Å². The van der Waals surface area contributed by atoms with Gasteiger partial charge in [-0.2, -0.15) is 5.10 Å². The number of amides is 1. The second kappa shape index (κ2) is 6.57. The highest BCUT2D eigenvalue weighted by Crippen LogP contribution is 2.42. The van der Waals surface area contributed by atoms with Gasteiger partial charge in [0.05, 0.1) is 30.3 Å². The first-order chi connectivity index (χ1) is 12.6. The SMILES string of the molecule is O=C(c1cnn(Cc2ccccc2)c1)N1C[C@H]2COCC[C@@]2(C(=O)O)C1. The summed E-state index contributed by atoms with van der Waals surface area (Å²) in [6.45, 7) is 2.06. The molecule has 2 aromatic rings. The smallest absolute Gasteiger partial charge is 0.311 e. The van der Waals surface area contributed by atoms with E-state index in [1.807, 2.05) is 30.3 Å². The van der Waals surface area contributed by atoms with Crippen LogP contribution in [0.25, 0.3) is 0 Å². The molecule has 0 saturated carbocycles. The number of aromatic nitrogens is 2. The number of ether oxygens (including phenoxy) is 1. The summed E-state index contributed by atoms with van der Waals surface area (Å²) in [6, 6.07) is 9.89. The number of carbonyl (C=O) groups excluding carboxylic acids is 1. The van der Waals surface area contributed by atoms with E-state index in [0.29, 0.717) is 38.3 Å². The van der Waals surface area contributed by atoms with Crippen LogP contribution in [0.5, 0.6) is 0 Å². The first-order valence-corrected chi connectivity index (χ1v) is 8.75. The molecule has 26 heavy (non-hydrogen) atoms. The number of carbonyl (C=O) groups is 2. The van der Waals surface area contributed by atoms with Gasteiger partial charge >= 0.3 is 5.97 Å². The predicted molar refractivity (Wildman–Crippen MR) is 92.7 cm³/mol. The molecule has 136 valence electrons. The molecule has 0 spiro atoms. The molecule has 2 aliphatic rings. The van der Waals surface area contributed by atoms with Gasteiger partial charge in [-0.1, -0.05) is 30.3 Å². The lowest BCUT2D eigenvalue weighted by molar-refractivity contribution is -0.157. The number of carboxylic acids is 1. The molecule has 0 bridgehead atoms. The highest BCUT2D eigenvalue weighted by molar-refractivity contribution is 5.94. The van der Waals surface area contributed by atoms with Crippen molar-refractivity contribution in [1.29, 1.82) is 0 Å². The summed E-state index contributed by atoms with van der Waals surface area (Å²) in [4.78, 5) is 26.4. The second-order valence-corrected chi connectivity index (χ2v) is 7.08. The Hall–Kier alpha value is -2.67. The number of rotatable bonds is 4. The molecule has 1 N–H and O–H groups in total. The normalized spacial score (nSPS) is 25.1. The average Bonchev–Trinajstić information content (AvgIpc) is 3.27. The Kier molecular flexibility index (Phi) is 4.24. The first kappa shape index (κ1) is 16.8. The summed E-state index contributed by atoms with van der Waals surface area (Å²) in [5, 5.41) is 14.0. The second-order valence-electron chi connectivity index (χ2n) is 7.08. The van der Waals surface area contributed by atoms with Crippen LogP contribution >= 0.6 is 0 Å². The van der Waals surface area contributed by atoms with E-state index in [9.17, 15) is 14.7 Å². The molecule has 4 rings (SSSR count). The zero-order valence-corrected chi connectivity index (χ0v) is 14.4. The van der Waals surface area contributed by atoms with E-state index in [1.54, 1.807) is 22.0 Å². The highest BCUT2D eigenvalue weighted by atomic mass is 16.5. The van der Waals surface area contributed by atoms with Crippen molar-refractivity contribution in [3.63, 3.8) is 0 Å². The molecule has 2 aliphatic heterocycles. The van der Waals surface area contributed by atoms with E-state index in [2.05, 4.69) is 5.10 Å². The fraction of sp³-hybridized carbons (Fsp3) is 0.421. The molecule has 7 nitrogen and oxygen atoms in total. The topological polar surface area (TPSA) is 84.7 Å². The van der Waals surface area contributed by atoms with Gasteiger partial charge in [0.1, 0.15) is 0 Å². The van der Waals surface area contributed by atoms with Crippen molar-refractivity contribution in [2.75, 3.05) is 26.3 Å². The van der Waals surface area contributed by atoms with E-state index in [-0.39, 0.29) is 18.4 Å². The van der Waals surface area contributed by atoms with Crippen LogP contribution < -0.4 is 0 Å². The van der Waals surface area contributed by atoms with Crippen molar-refractivity contribution < 1.29 is 19.4 Å². The van der Waals surface area contributed by atoms with Gasteiger partial charge < -0.3 is 14.7 Å². The van der Waals surface area contributed by atoms with E-state index in [1.165, 1.54) is 0 Å². The molecule has 2 saturated heterocycles. The molecule has 7 heteroatoms. The number of carboxylic acid groups (broad SMARTS) is 1. The Morgan fingerprint density at radius 1 is 1.31 bits per heavy atom. The fourth-order valence-corrected chi connectivity index (χ4v) is 3.97. The van der Waals surface area contributed by atoms with E-state index < -0.39 is 11.4 Å². The van der Waals surface area contributed by atoms with Crippen molar-refractivity contribution in [2.24, 2.45) is 11.3 Å². The van der Waals surface area contributed by atoms with Gasteiger partial charge in [-0.25, -0.2) is 0 Å². The van der Waals surface area contributed by atoms with Gasteiger partial charge in [-0.05, 0) is 12.0 Å². The molecule has 1 aromatic heterocycles. The van der Waals surface area contributed by atoms with Gasteiger partial charge in [-0.3, -0.25) is 14.3 Å². The minimum atomic E-state index is -0.881. The average molecular weight is 355 g/mol. The van der Waals surface area contributed by atoms with Crippen LogP contribution in [0.3, 0.4) is 0 Å². The summed E-state index contributed by atoms with van der Waals surface area (Å²) in [5.41, 5.74) is 0.707. The lowest BCUT2D eigenvalue weighted by Crippen LogP contribution is -2.45. The number of benzene rings is 1. The van der Waals surface area contributed by atoms with Crippen LogP contribution in [0.4, 0.5) is 0 Å². The van der Waals surface area contributed by atoms with Gasteiger partial charge in [0.2, 0.25) is 0 Å². The molecule has 3 heterocycles.